The summed E-state index contributed by atoms with van der Waals surface area (Å²) in [7, 11) is 0. The fourth-order valence-electron chi connectivity index (χ4n) is 3.06. The average Bonchev–Trinajstić information content (AvgIpc) is 3.23. The molecule has 0 aliphatic carbocycles. The second-order valence-electron chi connectivity index (χ2n) is 7.00. The highest BCUT2D eigenvalue weighted by atomic mass is 32.1. The van der Waals surface area contributed by atoms with Crippen molar-refractivity contribution in [2.75, 3.05) is 11.9 Å². The summed E-state index contributed by atoms with van der Waals surface area (Å²) in [5.74, 6) is 0.564. The van der Waals surface area contributed by atoms with E-state index in [1.54, 1.807) is 42.5 Å². The summed E-state index contributed by atoms with van der Waals surface area (Å²) in [6.45, 7) is 2.59. The van der Waals surface area contributed by atoms with E-state index in [2.05, 4.69) is 15.6 Å². The molecule has 0 saturated heterocycles. The Balaban J connectivity index is 1.46. The fourth-order valence-corrected chi connectivity index (χ4v) is 3.27. The second kappa shape index (κ2) is 9.49. The predicted octanol–water partition coefficient (Wildman–Crippen LogP) is 5.12. The minimum absolute atomic E-state index is 0.0148. The predicted molar refractivity (Wildman–Crippen MR) is 127 cm³/mol. The number of carbonyl (C=O) groups is 1. The summed E-state index contributed by atoms with van der Waals surface area (Å²) in [5.41, 5.74) is 2.70. The Bertz CT molecular complexity index is 1250. The molecule has 7 nitrogen and oxygen atoms in total. The number of nitrogens with one attached hydrogen (secondary N) is 2. The molecular weight excluding hydrogens is 426 g/mol. The highest BCUT2D eigenvalue weighted by molar-refractivity contribution is 7.80. The molecule has 0 unspecified atom stereocenters. The van der Waals surface area contributed by atoms with Crippen LogP contribution in [0.15, 0.2) is 71.1 Å². The topological polar surface area (TPSA) is 96.6 Å². The maximum Gasteiger partial charge on any atom is 0.257 e. The third-order valence-electron chi connectivity index (χ3n) is 4.57. The molecular formula is C24H21N3O4S. The summed E-state index contributed by atoms with van der Waals surface area (Å²) in [6, 6.07) is 19.0. The van der Waals surface area contributed by atoms with Crippen LogP contribution in [0.3, 0.4) is 0 Å². The van der Waals surface area contributed by atoms with E-state index in [-0.39, 0.29) is 22.7 Å². The number of hydrogen-bond acceptors (Lipinski definition) is 6. The van der Waals surface area contributed by atoms with Crippen molar-refractivity contribution in [3.8, 4) is 23.0 Å². The van der Waals surface area contributed by atoms with Crippen molar-refractivity contribution >= 4 is 40.0 Å². The van der Waals surface area contributed by atoms with E-state index >= 15 is 0 Å². The molecule has 0 spiro atoms. The van der Waals surface area contributed by atoms with Crippen molar-refractivity contribution in [3.63, 3.8) is 0 Å². The third-order valence-corrected chi connectivity index (χ3v) is 4.78. The number of phenolic OH excluding ortho intramolecular Hbond substituents is 1. The van der Waals surface area contributed by atoms with E-state index in [1.807, 2.05) is 25.1 Å². The number of benzene rings is 3. The lowest BCUT2D eigenvalue weighted by atomic mass is 10.1. The summed E-state index contributed by atoms with van der Waals surface area (Å²) >= 11 is 5.28. The maximum atomic E-state index is 12.6. The molecule has 4 rings (SSSR count). The SMILES string of the molecule is CCCOc1cccc(C(=O)NC(=S)Nc2ccc(O)c(-c3nc4ccccc4o3)c2)c1. The highest BCUT2D eigenvalue weighted by Crippen LogP contribution is 2.33. The molecule has 1 heterocycles. The summed E-state index contributed by atoms with van der Waals surface area (Å²) in [6.07, 6.45) is 0.878. The van der Waals surface area contributed by atoms with E-state index in [0.717, 1.165) is 6.42 Å². The number of anilines is 1. The van der Waals surface area contributed by atoms with Gasteiger partial charge in [0.15, 0.2) is 10.7 Å². The van der Waals surface area contributed by atoms with Crippen LogP contribution in [0.4, 0.5) is 5.69 Å². The number of ether oxygens (including phenoxy) is 1. The molecule has 0 atom stereocenters. The zero-order valence-corrected chi connectivity index (χ0v) is 18.1. The first kappa shape index (κ1) is 21.3. The lowest BCUT2D eigenvalue weighted by Gasteiger charge is -2.11. The average molecular weight is 448 g/mol. The van der Waals surface area contributed by atoms with Crippen LogP contribution in [0, 0.1) is 0 Å². The Morgan fingerprint density at radius 1 is 1.12 bits per heavy atom. The number of phenols is 1. The van der Waals surface area contributed by atoms with E-state index in [4.69, 9.17) is 21.4 Å². The smallest absolute Gasteiger partial charge is 0.257 e. The number of hydrogen-bond donors (Lipinski definition) is 3. The number of aromatic nitrogens is 1. The van der Waals surface area contributed by atoms with Crippen molar-refractivity contribution in [2.45, 2.75) is 13.3 Å². The number of aromatic hydroxyl groups is 1. The molecule has 1 aromatic heterocycles. The summed E-state index contributed by atoms with van der Waals surface area (Å²) in [5, 5.41) is 16.0. The number of carbonyl (C=O) groups excluding carboxylic acids is 1. The van der Waals surface area contributed by atoms with Gasteiger partial charge in [0.2, 0.25) is 5.89 Å². The van der Waals surface area contributed by atoms with Crippen LogP contribution in [-0.2, 0) is 0 Å². The molecule has 3 N–H and O–H groups in total. The number of nitrogens with zero attached hydrogens (tertiary/aromatic N) is 1. The van der Waals surface area contributed by atoms with Gasteiger partial charge < -0.3 is 19.6 Å². The van der Waals surface area contributed by atoms with E-state index in [1.165, 1.54) is 6.07 Å². The number of fused-ring (bicyclic) bond motifs is 1. The number of oxazole rings is 1. The maximum absolute atomic E-state index is 12.6. The van der Waals surface area contributed by atoms with Gasteiger partial charge in [-0.1, -0.05) is 25.1 Å². The van der Waals surface area contributed by atoms with Gasteiger partial charge in [0, 0.05) is 11.3 Å². The van der Waals surface area contributed by atoms with Crippen LogP contribution in [0.5, 0.6) is 11.5 Å². The Labute approximate surface area is 190 Å². The Morgan fingerprint density at radius 3 is 2.78 bits per heavy atom. The summed E-state index contributed by atoms with van der Waals surface area (Å²) < 4.78 is 11.3. The van der Waals surface area contributed by atoms with Crippen molar-refractivity contribution < 1.29 is 19.1 Å². The molecule has 32 heavy (non-hydrogen) atoms. The number of thiocarbonyl (C=S) groups is 1. The van der Waals surface area contributed by atoms with Crippen LogP contribution < -0.4 is 15.4 Å². The van der Waals surface area contributed by atoms with Crippen molar-refractivity contribution in [3.05, 3.63) is 72.3 Å². The second-order valence-corrected chi connectivity index (χ2v) is 7.41. The fraction of sp³-hybridized carbons (Fsp3) is 0.125. The quantitative estimate of drug-likeness (QED) is 0.279. The Morgan fingerprint density at radius 2 is 1.97 bits per heavy atom. The van der Waals surface area contributed by atoms with Crippen molar-refractivity contribution in [1.29, 1.82) is 0 Å². The van der Waals surface area contributed by atoms with E-state index < -0.39 is 0 Å². The molecule has 1 amide bonds. The van der Waals surface area contributed by atoms with E-state index in [0.29, 0.717) is 40.3 Å². The Kier molecular flexibility index (Phi) is 6.32. The largest absolute Gasteiger partial charge is 0.507 e. The van der Waals surface area contributed by atoms with Gasteiger partial charge >= 0.3 is 0 Å². The molecule has 0 fully saturated rings. The minimum atomic E-state index is -0.359. The van der Waals surface area contributed by atoms with Gasteiger partial charge in [0.25, 0.3) is 5.91 Å². The number of para-hydroxylation sites is 2. The van der Waals surface area contributed by atoms with Crippen LogP contribution in [0.25, 0.3) is 22.6 Å². The van der Waals surface area contributed by atoms with Crippen LogP contribution in [-0.4, -0.2) is 27.7 Å². The minimum Gasteiger partial charge on any atom is -0.507 e. The zero-order valence-electron chi connectivity index (χ0n) is 17.3. The van der Waals surface area contributed by atoms with Crippen LogP contribution in [0.2, 0.25) is 0 Å². The number of rotatable bonds is 6. The lowest BCUT2D eigenvalue weighted by molar-refractivity contribution is 0.0977. The number of amides is 1. The van der Waals surface area contributed by atoms with Crippen LogP contribution >= 0.6 is 12.2 Å². The van der Waals surface area contributed by atoms with Gasteiger partial charge in [0.1, 0.15) is 17.0 Å². The lowest BCUT2D eigenvalue weighted by Crippen LogP contribution is -2.34. The standard InChI is InChI=1S/C24H21N3O4S/c1-2-12-30-17-7-5-6-15(13-17)22(29)27-24(32)25-16-10-11-20(28)18(14-16)23-26-19-8-3-4-9-21(19)31-23/h3-11,13-14,28H,2,12H2,1H3,(H2,25,27,29,32). The van der Waals surface area contributed by atoms with Gasteiger partial charge in [0.05, 0.1) is 12.2 Å². The molecule has 4 aromatic rings. The first-order chi connectivity index (χ1) is 15.5. The zero-order chi connectivity index (χ0) is 22.5. The van der Waals surface area contributed by atoms with Crippen LogP contribution in [0.1, 0.15) is 23.7 Å². The molecule has 0 radical (unpaired) electrons. The highest BCUT2D eigenvalue weighted by Gasteiger charge is 2.14. The molecule has 162 valence electrons. The van der Waals surface area contributed by atoms with Gasteiger partial charge in [-0.05, 0) is 67.2 Å². The molecule has 3 aromatic carbocycles. The first-order valence-electron chi connectivity index (χ1n) is 10.1. The van der Waals surface area contributed by atoms with Gasteiger partial charge in [-0.15, -0.1) is 0 Å². The van der Waals surface area contributed by atoms with E-state index in [9.17, 15) is 9.90 Å². The van der Waals surface area contributed by atoms with Crippen molar-refractivity contribution in [1.82, 2.24) is 10.3 Å². The first-order valence-corrected chi connectivity index (χ1v) is 10.5. The normalized spacial score (nSPS) is 10.7. The molecule has 8 heteroatoms. The third kappa shape index (κ3) is 4.87. The Hall–Kier alpha value is -3.91. The van der Waals surface area contributed by atoms with Crippen molar-refractivity contribution in [2.24, 2.45) is 0 Å². The summed E-state index contributed by atoms with van der Waals surface area (Å²) in [4.78, 5) is 17.0. The van der Waals surface area contributed by atoms with Gasteiger partial charge in [-0.2, -0.15) is 0 Å². The van der Waals surface area contributed by atoms with Gasteiger partial charge in [-0.3, -0.25) is 10.1 Å². The monoisotopic (exact) mass is 447 g/mol. The molecule has 0 aliphatic heterocycles. The molecule has 0 bridgehead atoms. The van der Waals surface area contributed by atoms with Gasteiger partial charge in [-0.25, -0.2) is 4.98 Å². The molecule has 0 aliphatic rings. The molecule has 0 saturated carbocycles.